The summed E-state index contributed by atoms with van der Waals surface area (Å²) in [6, 6.07) is 0. The molecule has 2 rings (SSSR count). The Kier molecular flexibility index (Phi) is 3.99. The van der Waals surface area contributed by atoms with Crippen molar-refractivity contribution in [3.63, 3.8) is 0 Å². The van der Waals surface area contributed by atoms with Gasteiger partial charge in [0, 0.05) is 6.54 Å². The molecule has 1 aromatic rings. The van der Waals surface area contributed by atoms with Gasteiger partial charge in [-0.2, -0.15) is 5.10 Å². The zero-order chi connectivity index (χ0) is 12.3. The molecule has 0 aromatic carbocycles. The maximum absolute atomic E-state index is 14.6. The van der Waals surface area contributed by atoms with Gasteiger partial charge in [0.05, 0.1) is 13.3 Å². The quantitative estimate of drug-likeness (QED) is 0.875. The van der Waals surface area contributed by atoms with Crippen LogP contribution in [0.15, 0.2) is 6.20 Å². The minimum atomic E-state index is -0.977. The molecule has 1 N–H and O–H groups in total. The Morgan fingerprint density at radius 1 is 1.59 bits per heavy atom. The summed E-state index contributed by atoms with van der Waals surface area (Å²) < 4.78 is 21.5. The van der Waals surface area contributed by atoms with Crippen molar-refractivity contribution in [2.24, 2.45) is 5.92 Å². The van der Waals surface area contributed by atoms with Crippen LogP contribution in [-0.2, 0) is 6.54 Å². The highest BCUT2D eigenvalue weighted by molar-refractivity contribution is 5.28. The predicted molar refractivity (Wildman–Crippen MR) is 63.9 cm³/mol. The molecular formula is C12H20FN3O. The van der Waals surface area contributed by atoms with Crippen molar-refractivity contribution in [2.45, 2.75) is 32.5 Å². The standard InChI is InChI=1S/C12H20FN3O/c1-3-16-12(10(17-2)8-15-16)11(13)9-4-6-14-7-5-9/h8-9,11,14H,3-7H2,1-2H3. The van der Waals surface area contributed by atoms with E-state index in [1.165, 1.54) is 0 Å². The van der Waals surface area contributed by atoms with E-state index < -0.39 is 6.17 Å². The molecule has 0 radical (unpaired) electrons. The van der Waals surface area contributed by atoms with Crippen LogP contribution < -0.4 is 10.1 Å². The summed E-state index contributed by atoms with van der Waals surface area (Å²) in [5.41, 5.74) is 0.599. The maximum atomic E-state index is 14.6. The van der Waals surface area contributed by atoms with Crippen LogP contribution in [0, 0.1) is 5.92 Å². The van der Waals surface area contributed by atoms with Gasteiger partial charge in [-0.15, -0.1) is 0 Å². The van der Waals surface area contributed by atoms with Crippen LogP contribution in [0.4, 0.5) is 4.39 Å². The first kappa shape index (κ1) is 12.4. The minimum Gasteiger partial charge on any atom is -0.493 e. The summed E-state index contributed by atoms with van der Waals surface area (Å²) in [6.07, 6.45) is 2.37. The summed E-state index contributed by atoms with van der Waals surface area (Å²) in [5.74, 6) is 0.644. The second-order valence-corrected chi connectivity index (χ2v) is 4.40. The first-order valence-corrected chi connectivity index (χ1v) is 6.22. The van der Waals surface area contributed by atoms with Crippen molar-refractivity contribution < 1.29 is 9.13 Å². The topological polar surface area (TPSA) is 39.1 Å². The number of methoxy groups -OCH3 is 1. The molecule has 1 aliphatic heterocycles. The van der Waals surface area contributed by atoms with E-state index in [4.69, 9.17) is 4.74 Å². The van der Waals surface area contributed by atoms with Crippen molar-refractivity contribution in [2.75, 3.05) is 20.2 Å². The first-order chi connectivity index (χ1) is 8.27. The lowest BCUT2D eigenvalue weighted by molar-refractivity contribution is 0.175. The van der Waals surface area contributed by atoms with E-state index in [-0.39, 0.29) is 5.92 Å². The van der Waals surface area contributed by atoms with Gasteiger partial charge in [0.2, 0.25) is 0 Å². The molecule has 1 atom stereocenters. The minimum absolute atomic E-state index is 0.0761. The third-order valence-electron chi connectivity index (χ3n) is 3.42. The zero-order valence-electron chi connectivity index (χ0n) is 10.4. The van der Waals surface area contributed by atoms with Gasteiger partial charge < -0.3 is 10.1 Å². The molecular weight excluding hydrogens is 221 g/mol. The highest BCUT2D eigenvalue weighted by atomic mass is 19.1. The Morgan fingerprint density at radius 3 is 2.88 bits per heavy atom. The van der Waals surface area contributed by atoms with Crippen molar-refractivity contribution in [3.05, 3.63) is 11.9 Å². The van der Waals surface area contributed by atoms with Crippen LogP contribution in [-0.4, -0.2) is 30.0 Å². The number of nitrogens with zero attached hydrogens (tertiary/aromatic N) is 2. The van der Waals surface area contributed by atoms with E-state index in [1.807, 2.05) is 6.92 Å². The van der Waals surface area contributed by atoms with Gasteiger partial charge in [-0.05, 0) is 38.8 Å². The number of hydrogen-bond donors (Lipinski definition) is 1. The smallest absolute Gasteiger partial charge is 0.162 e. The van der Waals surface area contributed by atoms with E-state index >= 15 is 0 Å². The molecule has 0 spiro atoms. The van der Waals surface area contributed by atoms with Crippen LogP contribution in [0.25, 0.3) is 0 Å². The first-order valence-electron chi connectivity index (χ1n) is 6.22. The number of rotatable bonds is 4. The molecule has 0 amide bonds. The van der Waals surface area contributed by atoms with Gasteiger partial charge in [-0.1, -0.05) is 0 Å². The number of nitrogens with one attached hydrogen (secondary N) is 1. The fraction of sp³-hybridized carbons (Fsp3) is 0.750. The molecule has 4 nitrogen and oxygen atoms in total. The number of aromatic nitrogens is 2. The number of aryl methyl sites for hydroxylation is 1. The van der Waals surface area contributed by atoms with E-state index in [0.29, 0.717) is 18.0 Å². The molecule has 0 aliphatic carbocycles. The molecule has 0 bridgehead atoms. The number of hydrogen-bond acceptors (Lipinski definition) is 3. The second kappa shape index (κ2) is 5.49. The van der Waals surface area contributed by atoms with Crippen molar-refractivity contribution in [1.82, 2.24) is 15.1 Å². The molecule has 0 saturated carbocycles. The van der Waals surface area contributed by atoms with Crippen LogP contribution in [0.3, 0.4) is 0 Å². The highest BCUT2D eigenvalue weighted by Gasteiger charge is 2.30. The molecule has 1 fully saturated rings. The maximum Gasteiger partial charge on any atom is 0.162 e. The largest absolute Gasteiger partial charge is 0.493 e. The van der Waals surface area contributed by atoms with E-state index in [1.54, 1.807) is 18.0 Å². The van der Waals surface area contributed by atoms with Crippen LogP contribution >= 0.6 is 0 Å². The van der Waals surface area contributed by atoms with Gasteiger partial charge in [-0.3, -0.25) is 4.68 Å². The molecule has 2 heterocycles. The van der Waals surface area contributed by atoms with E-state index in [9.17, 15) is 4.39 Å². The zero-order valence-corrected chi connectivity index (χ0v) is 10.4. The summed E-state index contributed by atoms with van der Waals surface area (Å²) in [5, 5.41) is 7.41. The summed E-state index contributed by atoms with van der Waals surface area (Å²) in [7, 11) is 1.57. The Labute approximate surface area is 101 Å². The lowest BCUT2D eigenvalue weighted by Crippen LogP contribution is -2.30. The second-order valence-electron chi connectivity index (χ2n) is 4.40. The van der Waals surface area contributed by atoms with Gasteiger partial charge >= 0.3 is 0 Å². The fourth-order valence-electron chi connectivity index (χ4n) is 2.43. The fourth-order valence-corrected chi connectivity index (χ4v) is 2.43. The van der Waals surface area contributed by atoms with Crippen LogP contribution in [0.2, 0.25) is 0 Å². The van der Waals surface area contributed by atoms with Gasteiger partial charge in [-0.25, -0.2) is 4.39 Å². The van der Waals surface area contributed by atoms with Crippen LogP contribution in [0.5, 0.6) is 5.75 Å². The summed E-state index contributed by atoms with van der Waals surface area (Å²) in [6.45, 7) is 4.43. The summed E-state index contributed by atoms with van der Waals surface area (Å²) in [4.78, 5) is 0. The van der Waals surface area contributed by atoms with Crippen molar-refractivity contribution >= 4 is 0 Å². The van der Waals surface area contributed by atoms with Crippen molar-refractivity contribution in [3.8, 4) is 5.75 Å². The van der Waals surface area contributed by atoms with E-state index in [2.05, 4.69) is 10.4 Å². The average Bonchev–Trinajstić information content (AvgIpc) is 2.81. The van der Waals surface area contributed by atoms with Gasteiger partial charge in [0.15, 0.2) is 5.75 Å². The number of halogens is 1. The predicted octanol–water partition coefficient (Wildman–Crippen LogP) is 1.92. The monoisotopic (exact) mass is 241 g/mol. The number of ether oxygens (including phenoxy) is 1. The van der Waals surface area contributed by atoms with Crippen molar-refractivity contribution in [1.29, 1.82) is 0 Å². The number of alkyl halides is 1. The highest BCUT2D eigenvalue weighted by Crippen LogP contribution is 2.36. The SMILES string of the molecule is CCn1ncc(OC)c1C(F)C1CCNCC1. The Hall–Kier alpha value is -1.10. The molecule has 1 aromatic heterocycles. The summed E-state index contributed by atoms with van der Waals surface area (Å²) >= 11 is 0. The third-order valence-corrected chi connectivity index (χ3v) is 3.42. The Morgan fingerprint density at radius 2 is 2.29 bits per heavy atom. The molecule has 1 saturated heterocycles. The normalized spacial score (nSPS) is 19.2. The van der Waals surface area contributed by atoms with Gasteiger partial charge in [0.1, 0.15) is 11.9 Å². The molecule has 96 valence electrons. The van der Waals surface area contributed by atoms with E-state index in [0.717, 1.165) is 25.9 Å². The third kappa shape index (κ3) is 2.44. The molecule has 1 unspecified atom stereocenters. The lowest BCUT2D eigenvalue weighted by Gasteiger charge is -2.26. The molecule has 5 heteroatoms. The van der Waals surface area contributed by atoms with Crippen LogP contribution in [0.1, 0.15) is 31.6 Å². The average molecular weight is 241 g/mol. The Bertz CT molecular complexity index is 339. The Balaban J connectivity index is 2.21. The number of piperidine rings is 1. The molecule has 17 heavy (non-hydrogen) atoms. The molecule has 1 aliphatic rings. The lowest BCUT2D eigenvalue weighted by atomic mass is 9.91. The van der Waals surface area contributed by atoms with Gasteiger partial charge in [0.25, 0.3) is 0 Å².